The van der Waals surface area contributed by atoms with Gasteiger partial charge in [0.05, 0.1) is 18.8 Å². The van der Waals surface area contributed by atoms with Crippen LogP contribution >= 0.6 is 11.6 Å². The fourth-order valence-electron chi connectivity index (χ4n) is 3.32. The van der Waals surface area contributed by atoms with Crippen LogP contribution in [0.1, 0.15) is 12.5 Å². The lowest BCUT2D eigenvalue weighted by atomic mass is 10.2. The van der Waals surface area contributed by atoms with E-state index in [2.05, 4.69) is 23.2 Å². The molecule has 0 radical (unpaired) electrons. The van der Waals surface area contributed by atoms with Crippen LogP contribution in [0.25, 0.3) is 0 Å². The van der Waals surface area contributed by atoms with Crippen molar-refractivity contribution >= 4 is 23.2 Å². The maximum atomic E-state index is 12.3. The van der Waals surface area contributed by atoms with Crippen molar-refractivity contribution in [2.45, 2.75) is 19.6 Å². The van der Waals surface area contributed by atoms with Gasteiger partial charge in [0.15, 0.2) is 0 Å². The molecule has 1 atom stereocenters. The van der Waals surface area contributed by atoms with Crippen molar-refractivity contribution in [3.8, 4) is 5.75 Å². The number of rotatable bonds is 7. The summed E-state index contributed by atoms with van der Waals surface area (Å²) in [5, 5.41) is 3.59. The second-order valence-corrected chi connectivity index (χ2v) is 7.22. The van der Waals surface area contributed by atoms with E-state index in [0.717, 1.165) is 30.1 Å². The highest BCUT2D eigenvalue weighted by molar-refractivity contribution is 6.31. The Balaban J connectivity index is 1.50. The van der Waals surface area contributed by atoms with Crippen molar-refractivity contribution in [3.05, 3.63) is 59.1 Å². The third kappa shape index (κ3) is 5.15. The van der Waals surface area contributed by atoms with Gasteiger partial charge in [-0.25, -0.2) is 0 Å². The van der Waals surface area contributed by atoms with Gasteiger partial charge in [0.1, 0.15) is 11.9 Å². The fraction of sp³-hybridized carbons (Fsp3) is 0.381. The number of nitrogens with zero attached hydrogens (tertiary/aromatic N) is 2. The summed E-state index contributed by atoms with van der Waals surface area (Å²) in [6.07, 6.45) is 0.0289. The Labute approximate surface area is 165 Å². The van der Waals surface area contributed by atoms with Gasteiger partial charge < -0.3 is 15.0 Å². The molecule has 0 aromatic heterocycles. The predicted molar refractivity (Wildman–Crippen MR) is 110 cm³/mol. The molecule has 0 saturated carbocycles. The molecule has 0 fully saturated rings. The summed E-state index contributed by atoms with van der Waals surface area (Å²) in [6, 6.07) is 15.6. The largest absolute Gasteiger partial charge is 0.485 e. The predicted octanol–water partition coefficient (Wildman–Crippen LogP) is 3.18. The normalized spacial score (nSPS) is 16.0. The number of ether oxygens (including phenoxy) is 1. The highest BCUT2D eigenvalue weighted by Crippen LogP contribution is 2.32. The number of hydrogen-bond acceptors (Lipinski definition) is 4. The molecule has 5 nitrogen and oxygen atoms in total. The van der Waals surface area contributed by atoms with Crippen LogP contribution in [0, 0.1) is 0 Å². The summed E-state index contributed by atoms with van der Waals surface area (Å²) < 4.78 is 6.13. The Bertz CT molecular complexity index is 784. The topological polar surface area (TPSA) is 44.8 Å². The van der Waals surface area contributed by atoms with Crippen molar-refractivity contribution in [3.63, 3.8) is 0 Å². The van der Waals surface area contributed by atoms with Crippen molar-refractivity contribution < 1.29 is 9.53 Å². The quantitative estimate of drug-likeness (QED) is 0.792. The van der Waals surface area contributed by atoms with Crippen molar-refractivity contribution in [1.29, 1.82) is 0 Å². The van der Waals surface area contributed by atoms with Crippen LogP contribution < -0.4 is 15.0 Å². The SMILES string of the molecule is CCN1C[C@@H](CN(C)CC(=O)NCc2ccccc2Cl)Oc2ccccc21. The van der Waals surface area contributed by atoms with Crippen molar-refractivity contribution in [2.75, 3.05) is 38.1 Å². The minimum Gasteiger partial charge on any atom is -0.485 e. The van der Waals surface area contributed by atoms with E-state index in [4.69, 9.17) is 16.3 Å². The number of para-hydroxylation sites is 2. The molecule has 6 heteroatoms. The maximum absolute atomic E-state index is 12.3. The summed E-state index contributed by atoms with van der Waals surface area (Å²) in [5.41, 5.74) is 2.05. The molecule has 2 aromatic carbocycles. The molecule has 144 valence electrons. The average molecular weight is 388 g/mol. The van der Waals surface area contributed by atoms with Gasteiger partial charge in [-0.15, -0.1) is 0 Å². The molecule has 27 heavy (non-hydrogen) atoms. The third-order valence-corrected chi connectivity index (χ3v) is 5.04. The van der Waals surface area contributed by atoms with E-state index in [1.165, 1.54) is 0 Å². The molecule has 0 bridgehead atoms. The lowest BCUT2D eigenvalue weighted by Crippen LogP contribution is -2.47. The molecule has 1 heterocycles. The summed E-state index contributed by atoms with van der Waals surface area (Å²) in [7, 11) is 1.94. The van der Waals surface area contributed by atoms with Crippen LogP contribution in [0.2, 0.25) is 5.02 Å². The third-order valence-electron chi connectivity index (χ3n) is 4.67. The summed E-state index contributed by atoms with van der Waals surface area (Å²) in [4.78, 5) is 16.6. The van der Waals surface area contributed by atoms with Gasteiger partial charge in [0.2, 0.25) is 5.91 Å². The first-order chi connectivity index (χ1) is 13.1. The highest BCUT2D eigenvalue weighted by Gasteiger charge is 2.25. The van der Waals surface area contributed by atoms with Gasteiger partial charge in [-0.3, -0.25) is 9.69 Å². The second-order valence-electron chi connectivity index (χ2n) is 6.81. The molecule has 3 rings (SSSR count). The first-order valence-corrected chi connectivity index (χ1v) is 9.64. The van der Waals surface area contributed by atoms with Crippen molar-refractivity contribution in [2.24, 2.45) is 0 Å². The number of likely N-dealkylation sites (N-methyl/N-ethyl adjacent to an activating group) is 2. The molecular formula is C21H26ClN3O2. The van der Waals surface area contributed by atoms with Crippen LogP contribution in [0.5, 0.6) is 5.75 Å². The number of amides is 1. The van der Waals surface area contributed by atoms with Crippen LogP contribution in [-0.2, 0) is 11.3 Å². The van der Waals surface area contributed by atoms with Crippen molar-refractivity contribution in [1.82, 2.24) is 10.2 Å². The van der Waals surface area contributed by atoms with Gasteiger partial charge in [0, 0.05) is 24.7 Å². The van der Waals surface area contributed by atoms with Crippen LogP contribution in [0.15, 0.2) is 48.5 Å². The number of benzene rings is 2. The van der Waals surface area contributed by atoms with E-state index in [9.17, 15) is 4.79 Å². The molecule has 1 aliphatic heterocycles. The standard InChI is InChI=1S/C21H26ClN3O2/c1-3-25-14-17(27-20-11-7-6-10-19(20)25)13-24(2)15-21(26)23-12-16-8-4-5-9-18(16)22/h4-11,17H,3,12-15H2,1-2H3,(H,23,26)/t17-/m1/s1. The number of carbonyl (C=O) groups excluding carboxylic acids is 1. The molecule has 1 aliphatic rings. The average Bonchev–Trinajstić information content (AvgIpc) is 2.66. The number of fused-ring (bicyclic) bond motifs is 1. The zero-order chi connectivity index (χ0) is 19.2. The highest BCUT2D eigenvalue weighted by atomic mass is 35.5. The molecule has 0 aliphatic carbocycles. The smallest absolute Gasteiger partial charge is 0.234 e. The molecule has 0 spiro atoms. The Kier molecular flexibility index (Phi) is 6.58. The van der Waals surface area contributed by atoms with Gasteiger partial charge in [0.25, 0.3) is 0 Å². The maximum Gasteiger partial charge on any atom is 0.234 e. The van der Waals surface area contributed by atoms with Crippen LogP contribution in [0.4, 0.5) is 5.69 Å². The molecule has 1 N–H and O–H groups in total. The van der Waals surface area contributed by atoms with E-state index in [1.807, 2.05) is 54.4 Å². The van der Waals surface area contributed by atoms with Gasteiger partial charge in [-0.1, -0.05) is 41.9 Å². The molecule has 2 aromatic rings. The number of carbonyl (C=O) groups is 1. The summed E-state index contributed by atoms with van der Waals surface area (Å²) >= 11 is 6.13. The minimum absolute atomic E-state index is 0.0269. The zero-order valence-electron chi connectivity index (χ0n) is 15.8. The molecular weight excluding hydrogens is 362 g/mol. The number of nitrogens with one attached hydrogen (secondary N) is 1. The lowest BCUT2D eigenvalue weighted by molar-refractivity contribution is -0.122. The number of anilines is 1. The van der Waals surface area contributed by atoms with E-state index < -0.39 is 0 Å². The Morgan fingerprint density at radius 2 is 2.00 bits per heavy atom. The Hall–Kier alpha value is -2.24. The number of halogens is 1. The minimum atomic E-state index is -0.0269. The Morgan fingerprint density at radius 3 is 2.78 bits per heavy atom. The van der Waals surface area contributed by atoms with Crippen LogP contribution in [-0.4, -0.2) is 50.1 Å². The van der Waals surface area contributed by atoms with Crippen LogP contribution in [0.3, 0.4) is 0 Å². The first kappa shape index (κ1) is 19.5. The second kappa shape index (κ2) is 9.11. The van der Waals surface area contributed by atoms with Gasteiger partial charge >= 0.3 is 0 Å². The monoisotopic (exact) mass is 387 g/mol. The number of hydrogen-bond donors (Lipinski definition) is 1. The molecule has 0 saturated heterocycles. The molecule has 1 amide bonds. The van der Waals surface area contributed by atoms with E-state index in [0.29, 0.717) is 24.7 Å². The first-order valence-electron chi connectivity index (χ1n) is 9.26. The lowest BCUT2D eigenvalue weighted by Gasteiger charge is -2.37. The van der Waals surface area contributed by atoms with Gasteiger partial charge in [-0.2, -0.15) is 0 Å². The van der Waals surface area contributed by atoms with Gasteiger partial charge in [-0.05, 0) is 37.7 Å². The fourth-order valence-corrected chi connectivity index (χ4v) is 3.52. The zero-order valence-corrected chi connectivity index (χ0v) is 16.6. The van der Waals surface area contributed by atoms with E-state index >= 15 is 0 Å². The van der Waals surface area contributed by atoms with E-state index in [-0.39, 0.29) is 12.0 Å². The summed E-state index contributed by atoms with van der Waals surface area (Å²) in [6.45, 7) is 5.33. The molecule has 0 unspecified atom stereocenters. The Morgan fingerprint density at radius 1 is 1.26 bits per heavy atom. The summed E-state index contributed by atoms with van der Waals surface area (Å²) in [5.74, 6) is 0.883. The van der Waals surface area contributed by atoms with E-state index in [1.54, 1.807) is 0 Å².